The van der Waals surface area contributed by atoms with Crippen LogP contribution in [0.1, 0.15) is 5.48 Å². The third-order valence-corrected chi connectivity index (χ3v) is 1.38. The molecule has 48 valence electrons. The number of hydrogen-bond acceptors (Lipinski definition) is 0. The minimum Gasteiger partial charge on any atom is -0.0616 e. The summed E-state index contributed by atoms with van der Waals surface area (Å²) in [5.41, 5.74) is 0. The van der Waals surface area contributed by atoms with Crippen LogP contribution in [0.4, 0.5) is 0 Å². The highest BCUT2D eigenvalue weighted by atomic mass is 13.9. The number of benzene rings is 2. The van der Waals surface area contributed by atoms with Crippen molar-refractivity contribution in [2.75, 3.05) is 0 Å². The third-order valence-electron chi connectivity index (χ3n) is 1.38. The molecule has 2 rings (SSSR count). The highest BCUT2D eigenvalue weighted by molar-refractivity contribution is 5.81. The molecule has 0 radical (unpaired) electrons. The average molecular weight is 132 g/mol. The zero-order chi connectivity index (χ0) is 10.3. The van der Waals surface area contributed by atoms with Gasteiger partial charge in [-0.1, -0.05) is 48.4 Å². The number of hydrogen-bond donors (Lipinski definition) is 0. The van der Waals surface area contributed by atoms with Crippen molar-refractivity contribution in [2.24, 2.45) is 0 Å². The highest BCUT2D eigenvalue weighted by Crippen LogP contribution is 2.11. The van der Waals surface area contributed by atoms with E-state index >= 15 is 0 Å². The lowest BCUT2D eigenvalue weighted by molar-refractivity contribution is 1.75. The third kappa shape index (κ3) is 0.781. The van der Waals surface area contributed by atoms with Crippen LogP contribution in [0, 0.1) is 0 Å². The first-order chi connectivity index (χ1) is 6.63. The Bertz CT molecular complexity index is 458. The molecule has 0 saturated heterocycles. The van der Waals surface area contributed by atoms with Crippen molar-refractivity contribution in [3.63, 3.8) is 0 Å². The van der Waals surface area contributed by atoms with Gasteiger partial charge in [0.15, 0.2) is 0 Å². The molecule has 0 aromatic heterocycles. The van der Waals surface area contributed by atoms with E-state index in [9.17, 15) is 0 Å². The summed E-state index contributed by atoms with van der Waals surface area (Å²) in [4.78, 5) is 0. The molecule has 0 bridgehead atoms. The molecule has 10 heavy (non-hydrogen) atoms. The summed E-state index contributed by atoms with van der Waals surface area (Å²) in [6.45, 7) is 0. The van der Waals surface area contributed by atoms with Crippen molar-refractivity contribution >= 4 is 10.8 Å². The first-order valence-corrected chi connectivity index (χ1v) is 3.08. The number of rotatable bonds is 0. The SMILES string of the molecule is [2H]c1c([2H])c([2H])c2ccccc2c1[2H]. The second kappa shape index (κ2) is 2.14. The van der Waals surface area contributed by atoms with Crippen molar-refractivity contribution in [3.05, 3.63) is 48.4 Å². The molecule has 0 nitrogen and oxygen atoms in total. The van der Waals surface area contributed by atoms with Crippen LogP contribution in [-0.2, 0) is 0 Å². The highest BCUT2D eigenvalue weighted by Gasteiger charge is 1.85. The topological polar surface area (TPSA) is 0 Å². The van der Waals surface area contributed by atoms with E-state index in [-0.39, 0.29) is 24.2 Å². The molecule has 0 spiro atoms. The summed E-state index contributed by atoms with van der Waals surface area (Å²) in [5.74, 6) is 0. The summed E-state index contributed by atoms with van der Waals surface area (Å²) in [5, 5.41) is 1.14. The predicted molar refractivity (Wildman–Crippen MR) is 43.9 cm³/mol. The van der Waals surface area contributed by atoms with Crippen LogP contribution in [0.5, 0.6) is 0 Å². The maximum absolute atomic E-state index is 7.63. The van der Waals surface area contributed by atoms with Crippen LogP contribution in [-0.4, -0.2) is 0 Å². The molecular formula is C10H8. The molecule has 0 atom stereocenters. The van der Waals surface area contributed by atoms with Gasteiger partial charge in [0, 0.05) is 0 Å². The molecule has 0 amide bonds. The van der Waals surface area contributed by atoms with Crippen LogP contribution in [0.2, 0.25) is 0 Å². The lowest BCUT2D eigenvalue weighted by Gasteiger charge is -1.92. The zero-order valence-corrected chi connectivity index (χ0v) is 5.31. The van der Waals surface area contributed by atoms with Gasteiger partial charge in [0.2, 0.25) is 0 Å². The van der Waals surface area contributed by atoms with E-state index in [1.165, 1.54) is 0 Å². The first kappa shape index (κ1) is 2.75. The van der Waals surface area contributed by atoms with Crippen LogP contribution in [0.15, 0.2) is 48.4 Å². The lowest BCUT2D eigenvalue weighted by Crippen LogP contribution is -1.67. The summed E-state index contributed by atoms with van der Waals surface area (Å²) in [6, 6.07) is 6.65. The fourth-order valence-electron chi connectivity index (χ4n) is 0.898. The largest absolute Gasteiger partial charge is 0.0629 e. The minimum atomic E-state index is -0.173. The van der Waals surface area contributed by atoms with Crippen molar-refractivity contribution < 1.29 is 5.48 Å². The Kier molecular flexibility index (Phi) is 0.589. The second-order valence-electron chi connectivity index (χ2n) is 2.05. The van der Waals surface area contributed by atoms with Crippen molar-refractivity contribution in [1.29, 1.82) is 0 Å². The average Bonchev–Trinajstić information content (AvgIpc) is 2.23. The Morgan fingerprint density at radius 1 is 0.900 bits per heavy atom. The minimum absolute atomic E-state index is 0.0293. The Balaban J connectivity index is 3.02. The smallest absolute Gasteiger partial charge is 0.0616 e. The number of fused-ring (bicyclic) bond motifs is 1. The molecule has 0 fully saturated rings. The van der Waals surface area contributed by atoms with Gasteiger partial charge in [0.25, 0.3) is 0 Å². The summed E-state index contributed by atoms with van der Waals surface area (Å²) in [7, 11) is 0. The quantitative estimate of drug-likeness (QED) is 0.517. The normalized spacial score (nSPS) is 15.6. The molecule has 0 heterocycles. The van der Waals surface area contributed by atoms with Crippen molar-refractivity contribution in [3.8, 4) is 0 Å². The van der Waals surface area contributed by atoms with E-state index < -0.39 is 0 Å². The van der Waals surface area contributed by atoms with Gasteiger partial charge in [0.1, 0.15) is 0 Å². The maximum Gasteiger partial charge on any atom is 0.0629 e. The van der Waals surface area contributed by atoms with E-state index in [0.717, 1.165) is 0 Å². The van der Waals surface area contributed by atoms with Crippen LogP contribution in [0.3, 0.4) is 0 Å². The van der Waals surface area contributed by atoms with Crippen LogP contribution in [0.25, 0.3) is 10.8 Å². The Morgan fingerprint density at radius 2 is 1.40 bits per heavy atom. The van der Waals surface area contributed by atoms with Gasteiger partial charge in [-0.25, -0.2) is 0 Å². The molecule has 2 aromatic rings. The lowest BCUT2D eigenvalue weighted by atomic mass is 10.1. The molecule has 0 aliphatic carbocycles. The second-order valence-corrected chi connectivity index (χ2v) is 2.05. The maximum atomic E-state index is 7.63. The molecule has 0 heteroatoms. The Labute approximate surface area is 65.7 Å². The van der Waals surface area contributed by atoms with Gasteiger partial charge >= 0.3 is 0 Å². The van der Waals surface area contributed by atoms with E-state index in [2.05, 4.69) is 0 Å². The van der Waals surface area contributed by atoms with Crippen LogP contribution < -0.4 is 0 Å². The fraction of sp³-hybridized carbons (Fsp3) is 0. The van der Waals surface area contributed by atoms with Crippen molar-refractivity contribution in [2.45, 2.75) is 0 Å². The van der Waals surface area contributed by atoms with E-state index in [1.807, 2.05) is 0 Å². The predicted octanol–water partition coefficient (Wildman–Crippen LogP) is 2.84. The fourth-order valence-corrected chi connectivity index (χ4v) is 0.898. The standard InChI is InChI=1S/C10H8/c1-2-6-10-8-4-3-7-9(10)5-1/h1-8H/i1D,2D,5D,6D. The molecule has 0 saturated carbocycles. The molecule has 2 aromatic carbocycles. The molecule has 0 aliphatic rings. The Hall–Kier alpha value is -1.30. The van der Waals surface area contributed by atoms with Gasteiger partial charge in [-0.15, -0.1) is 0 Å². The first-order valence-electron chi connectivity index (χ1n) is 5.08. The molecule has 0 N–H and O–H groups in total. The zero-order valence-electron chi connectivity index (χ0n) is 9.31. The summed E-state index contributed by atoms with van der Waals surface area (Å²) >= 11 is 0. The van der Waals surface area contributed by atoms with Crippen molar-refractivity contribution in [1.82, 2.24) is 0 Å². The van der Waals surface area contributed by atoms with E-state index in [4.69, 9.17) is 5.48 Å². The van der Waals surface area contributed by atoms with E-state index in [1.54, 1.807) is 24.3 Å². The molecular weight excluding hydrogens is 120 g/mol. The monoisotopic (exact) mass is 132 g/mol. The molecule has 0 unspecified atom stereocenters. The van der Waals surface area contributed by atoms with Gasteiger partial charge in [-0.2, -0.15) is 0 Å². The summed E-state index contributed by atoms with van der Waals surface area (Å²) < 4.78 is 30.2. The van der Waals surface area contributed by atoms with Gasteiger partial charge in [-0.3, -0.25) is 0 Å². The van der Waals surface area contributed by atoms with Crippen LogP contribution >= 0.6 is 0 Å². The van der Waals surface area contributed by atoms with E-state index in [0.29, 0.717) is 10.8 Å². The summed E-state index contributed by atoms with van der Waals surface area (Å²) in [6.07, 6.45) is 0. The van der Waals surface area contributed by atoms with Gasteiger partial charge in [-0.05, 0) is 10.8 Å². The van der Waals surface area contributed by atoms with Gasteiger partial charge in [0.05, 0.1) is 5.48 Å². The van der Waals surface area contributed by atoms with Gasteiger partial charge < -0.3 is 0 Å². The Morgan fingerprint density at radius 3 is 1.90 bits per heavy atom. The molecule has 0 aliphatic heterocycles.